The van der Waals surface area contributed by atoms with Gasteiger partial charge in [-0.2, -0.15) is 0 Å². The van der Waals surface area contributed by atoms with Crippen LogP contribution in [-0.4, -0.2) is 6.61 Å². The molecule has 1 spiro atoms. The summed E-state index contributed by atoms with van der Waals surface area (Å²) in [6.07, 6.45) is 4.07. The van der Waals surface area contributed by atoms with Gasteiger partial charge in [0.15, 0.2) is 0 Å². The van der Waals surface area contributed by atoms with Gasteiger partial charge in [0.25, 0.3) is 0 Å². The van der Waals surface area contributed by atoms with Gasteiger partial charge in [-0.3, -0.25) is 0 Å². The van der Waals surface area contributed by atoms with E-state index in [9.17, 15) is 0 Å². The molecule has 0 aromatic rings. The van der Waals surface area contributed by atoms with Gasteiger partial charge in [-0.05, 0) is 36.2 Å². The minimum absolute atomic E-state index is 0.560. The smallest absolute Gasteiger partial charge is 0.0985 e. The zero-order chi connectivity index (χ0) is 10.3. The Hall–Kier alpha value is -0.460. The lowest BCUT2D eigenvalue weighted by atomic mass is 9.80. The molecule has 14 heavy (non-hydrogen) atoms. The van der Waals surface area contributed by atoms with Crippen molar-refractivity contribution in [2.45, 2.75) is 47.0 Å². The molecule has 1 fully saturated rings. The monoisotopic (exact) mass is 194 g/mol. The van der Waals surface area contributed by atoms with Crippen molar-refractivity contribution in [3.05, 3.63) is 11.3 Å². The van der Waals surface area contributed by atoms with Crippen LogP contribution in [0.15, 0.2) is 11.3 Å². The molecule has 1 nitrogen and oxygen atoms in total. The Morgan fingerprint density at radius 3 is 2.07 bits per heavy atom. The summed E-state index contributed by atoms with van der Waals surface area (Å²) in [7, 11) is 0. The number of rotatable bonds is 2. The van der Waals surface area contributed by atoms with E-state index in [1.54, 1.807) is 5.57 Å². The first-order valence-electron chi connectivity index (χ1n) is 5.94. The van der Waals surface area contributed by atoms with Crippen LogP contribution in [0.4, 0.5) is 0 Å². The second-order valence-electron chi connectivity index (χ2n) is 5.47. The maximum atomic E-state index is 5.87. The zero-order valence-corrected chi connectivity index (χ0v) is 9.89. The van der Waals surface area contributed by atoms with Gasteiger partial charge in [0.2, 0.25) is 0 Å². The molecule has 1 heteroatoms. The predicted octanol–water partition coefficient (Wildman–Crippen LogP) is 3.75. The van der Waals surface area contributed by atoms with Crippen molar-refractivity contribution >= 4 is 0 Å². The maximum absolute atomic E-state index is 5.87. The summed E-state index contributed by atoms with van der Waals surface area (Å²) >= 11 is 0. The van der Waals surface area contributed by atoms with E-state index in [1.165, 1.54) is 25.0 Å². The molecule has 0 radical (unpaired) electrons. The van der Waals surface area contributed by atoms with Gasteiger partial charge in [-0.25, -0.2) is 0 Å². The first-order valence-corrected chi connectivity index (χ1v) is 5.94. The van der Waals surface area contributed by atoms with E-state index in [-0.39, 0.29) is 0 Å². The lowest BCUT2D eigenvalue weighted by Crippen LogP contribution is -2.24. The van der Waals surface area contributed by atoms with Gasteiger partial charge in [-0.15, -0.1) is 0 Å². The Balaban J connectivity index is 2.37. The lowest BCUT2D eigenvalue weighted by molar-refractivity contribution is 0.128. The van der Waals surface area contributed by atoms with Gasteiger partial charge in [0.1, 0.15) is 0 Å². The number of ether oxygens (including phenoxy) is 1. The normalized spacial score (nSPS) is 24.7. The Kier molecular flexibility index (Phi) is 2.36. The van der Waals surface area contributed by atoms with Gasteiger partial charge in [0, 0.05) is 5.92 Å². The summed E-state index contributed by atoms with van der Waals surface area (Å²) in [5.74, 6) is 2.53. The molecular weight excluding hydrogens is 172 g/mol. The molecule has 0 saturated heterocycles. The van der Waals surface area contributed by atoms with Crippen LogP contribution in [-0.2, 0) is 4.74 Å². The van der Waals surface area contributed by atoms with E-state index in [0.29, 0.717) is 17.3 Å². The Morgan fingerprint density at radius 1 is 1.00 bits per heavy atom. The fraction of sp³-hybridized carbons (Fsp3) is 0.846. The van der Waals surface area contributed by atoms with Crippen LogP contribution >= 0.6 is 0 Å². The molecule has 0 aromatic carbocycles. The summed E-state index contributed by atoms with van der Waals surface area (Å²) in [6.45, 7) is 10.1. The van der Waals surface area contributed by atoms with Crippen molar-refractivity contribution in [3.63, 3.8) is 0 Å². The van der Waals surface area contributed by atoms with Gasteiger partial charge in [-0.1, -0.05) is 27.7 Å². The fourth-order valence-electron chi connectivity index (χ4n) is 2.87. The average Bonchev–Trinajstić information content (AvgIpc) is 2.84. The van der Waals surface area contributed by atoms with Crippen LogP contribution in [0.2, 0.25) is 0 Å². The third kappa shape index (κ3) is 1.47. The molecule has 1 aliphatic heterocycles. The second kappa shape index (κ2) is 3.29. The van der Waals surface area contributed by atoms with Crippen LogP contribution in [0.1, 0.15) is 47.0 Å². The summed E-state index contributed by atoms with van der Waals surface area (Å²) in [6, 6.07) is 0. The highest BCUT2D eigenvalue weighted by Crippen LogP contribution is 2.60. The van der Waals surface area contributed by atoms with Gasteiger partial charge in [0.05, 0.1) is 12.4 Å². The summed E-state index contributed by atoms with van der Waals surface area (Å²) < 4.78 is 5.87. The number of allylic oxidation sites excluding steroid dienone is 2. The Bertz CT molecular complexity index is 256. The minimum Gasteiger partial charge on any atom is -0.498 e. The molecule has 2 aliphatic rings. The van der Waals surface area contributed by atoms with E-state index in [1.807, 2.05) is 0 Å². The standard InChI is InChI=1S/C13H22O/c1-9(2)11-12(10(3)4)14-8-7-13(11)5-6-13/h9-10H,5-8H2,1-4H3. The second-order valence-corrected chi connectivity index (χ2v) is 5.47. The minimum atomic E-state index is 0.560. The molecule has 0 atom stereocenters. The highest BCUT2D eigenvalue weighted by Gasteiger charge is 2.50. The van der Waals surface area contributed by atoms with Crippen LogP contribution in [0.3, 0.4) is 0 Å². The van der Waals surface area contributed by atoms with E-state index in [2.05, 4.69) is 27.7 Å². The third-order valence-electron chi connectivity index (χ3n) is 3.63. The Morgan fingerprint density at radius 2 is 1.64 bits per heavy atom. The van der Waals surface area contributed by atoms with E-state index in [4.69, 9.17) is 4.74 Å². The van der Waals surface area contributed by atoms with Gasteiger partial charge < -0.3 is 4.74 Å². The maximum Gasteiger partial charge on any atom is 0.0985 e. The first-order chi connectivity index (χ1) is 6.57. The molecule has 1 aliphatic carbocycles. The molecular formula is C13H22O. The quantitative estimate of drug-likeness (QED) is 0.650. The van der Waals surface area contributed by atoms with Crippen LogP contribution in [0.5, 0.6) is 0 Å². The van der Waals surface area contributed by atoms with Crippen LogP contribution in [0.25, 0.3) is 0 Å². The highest BCUT2D eigenvalue weighted by atomic mass is 16.5. The predicted molar refractivity (Wildman–Crippen MR) is 58.9 cm³/mol. The topological polar surface area (TPSA) is 9.23 Å². The SMILES string of the molecule is CC(C)C1=C(C(C)C)C2(CCO1)CC2. The molecule has 2 rings (SSSR count). The number of hydrogen-bond acceptors (Lipinski definition) is 1. The molecule has 0 bridgehead atoms. The largest absolute Gasteiger partial charge is 0.498 e. The van der Waals surface area contributed by atoms with Gasteiger partial charge >= 0.3 is 0 Å². The van der Waals surface area contributed by atoms with E-state index in [0.717, 1.165) is 6.61 Å². The van der Waals surface area contributed by atoms with Crippen LogP contribution < -0.4 is 0 Å². The molecule has 80 valence electrons. The molecule has 1 saturated carbocycles. The first kappa shape index (κ1) is 10.1. The molecule has 1 heterocycles. The summed E-state index contributed by atoms with van der Waals surface area (Å²) in [5.41, 5.74) is 2.21. The molecule has 0 N–H and O–H groups in total. The van der Waals surface area contributed by atoms with Crippen molar-refractivity contribution < 1.29 is 4.74 Å². The summed E-state index contributed by atoms with van der Waals surface area (Å²) in [5, 5.41) is 0. The lowest BCUT2D eigenvalue weighted by Gasteiger charge is -2.33. The molecule has 0 unspecified atom stereocenters. The van der Waals surface area contributed by atoms with E-state index < -0.39 is 0 Å². The summed E-state index contributed by atoms with van der Waals surface area (Å²) in [4.78, 5) is 0. The number of hydrogen-bond donors (Lipinski definition) is 0. The Labute approximate surface area is 87.5 Å². The fourth-order valence-corrected chi connectivity index (χ4v) is 2.87. The van der Waals surface area contributed by atoms with Crippen molar-refractivity contribution in [1.82, 2.24) is 0 Å². The van der Waals surface area contributed by atoms with Crippen molar-refractivity contribution in [3.8, 4) is 0 Å². The zero-order valence-electron chi connectivity index (χ0n) is 9.89. The van der Waals surface area contributed by atoms with Crippen molar-refractivity contribution in [2.75, 3.05) is 6.61 Å². The van der Waals surface area contributed by atoms with Crippen molar-refractivity contribution in [2.24, 2.45) is 17.3 Å². The van der Waals surface area contributed by atoms with Crippen LogP contribution in [0, 0.1) is 17.3 Å². The van der Waals surface area contributed by atoms with Crippen molar-refractivity contribution in [1.29, 1.82) is 0 Å². The third-order valence-corrected chi connectivity index (χ3v) is 3.63. The highest BCUT2D eigenvalue weighted by molar-refractivity contribution is 5.29. The molecule has 0 aromatic heterocycles. The van der Waals surface area contributed by atoms with E-state index >= 15 is 0 Å². The molecule has 0 amide bonds. The average molecular weight is 194 g/mol.